The smallest absolute Gasteiger partial charge is 0.255 e. The molecule has 1 atom stereocenters. The van der Waals surface area contributed by atoms with Gasteiger partial charge in [0.1, 0.15) is 5.69 Å². The number of hydrogen-bond acceptors (Lipinski definition) is 5. The number of rotatable bonds is 6. The van der Waals surface area contributed by atoms with Crippen LogP contribution in [0.2, 0.25) is 0 Å². The van der Waals surface area contributed by atoms with E-state index in [1.807, 2.05) is 48.5 Å². The Morgan fingerprint density at radius 1 is 1.14 bits per heavy atom. The number of nitrogens with zero attached hydrogens (tertiary/aromatic N) is 2. The fraction of sp³-hybridized carbons (Fsp3) is 0.273. The number of aromatic nitrogens is 2. The van der Waals surface area contributed by atoms with Crippen LogP contribution in [0.4, 0.5) is 0 Å². The van der Waals surface area contributed by atoms with E-state index < -0.39 is 0 Å². The maximum atomic E-state index is 13.1. The standard InChI is InChI=1S/C22H24N4O3/c1-28-19-9-8-15(12-20(19)29-2)21-18(22(27)24-16-10-11-23-13-16)14-26(25-21)17-6-4-3-5-7-17/h3-9,12,14,16,23H,10-11,13H2,1-2H3,(H,24,27). The summed E-state index contributed by atoms with van der Waals surface area (Å²) in [5.41, 5.74) is 2.79. The number of amides is 1. The summed E-state index contributed by atoms with van der Waals surface area (Å²) >= 11 is 0. The van der Waals surface area contributed by atoms with E-state index in [0.717, 1.165) is 30.8 Å². The molecule has 4 rings (SSSR count). The van der Waals surface area contributed by atoms with Crippen LogP contribution in [-0.4, -0.2) is 49.0 Å². The zero-order valence-corrected chi connectivity index (χ0v) is 16.5. The van der Waals surface area contributed by atoms with Gasteiger partial charge in [-0.2, -0.15) is 5.10 Å². The summed E-state index contributed by atoms with van der Waals surface area (Å²) < 4.78 is 12.5. The van der Waals surface area contributed by atoms with E-state index in [4.69, 9.17) is 14.6 Å². The molecule has 2 aromatic carbocycles. The molecule has 1 saturated heterocycles. The van der Waals surface area contributed by atoms with E-state index in [9.17, 15) is 4.79 Å². The third kappa shape index (κ3) is 3.95. The highest BCUT2D eigenvalue weighted by molar-refractivity contribution is 6.00. The number of carbonyl (C=O) groups excluding carboxylic acids is 1. The Morgan fingerprint density at radius 2 is 1.93 bits per heavy atom. The van der Waals surface area contributed by atoms with Crippen molar-refractivity contribution in [2.75, 3.05) is 27.3 Å². The normalized spacial score (nSPS) is 15.9. The molecular formula is C22H24N4O3. The second-order valence-corrected chi connectivity index (χ2v) is 6.90. The minimum atomic E-state index is -0.134. The molecule has 2 heterocycles. The quantitative estimate of drug-likeness (QED) is 0.674. The van der Waals surface area contributed by atoms with Gasteiger partial charge in [0.25, 0.3) is 5.91 Å². The van der Waals surface area contributed by atoms with Crippen molar-refractivity contribution in [3.05, 3.63) is 60.3 Å². The van der Waals surface area contributed by atoms with Gasteiger partial charge in [0, 0.05) is 24.3 Å². The number of methoxy groups -OCH3 is 2. The molecule has 0 bridgehead atoms. The predicted molar refractivity (Wildman–Crippen MR) is 111 cm³/mol. The molecular weight excluding hydrogens is 368 g/mol. The number of ether oxygens (including phenoxy) is 2. The average Bonchev–Trinajstić information content (AvgIpc) is 3.44. The Kier molecular flexibility index (Phi) is 5.48. The molecule has 150 valence electrons. The van der Waals surface area contributed by atoms with Crippen LogP contribution in [0.25, 0.3) is 16.9 Å². The molecule has 29 heavy (non-hydrogen) atoms. The third-order valence-electron chi connectivity index (χ3n) is 5.03. The fourth-order valence-corrected chi connectivity index (χ4v) is 3.49. The highest BCUT2D eigenvalue weighted by Gasteiger charge is 2.23. The van der Waals surface area contributed by atoms with Crippen molar-refractivity contribution in [1.29, 1.82) is 0 Å². The molecule has 1 amide bonds. The van der Waals surface area contributed by atoms with Crippen LogP contribution in [0.3, 0.4) is 0 Å². The monoisotopic (exact) mass is 392 g/mol. The third-order valence-corrected chi connectivity index (χ3v) is 5.03. The van der Waals surface area contributed by atoms with Crippen molar-refractivity contribution in [2.45, 2.75) is 12.5 Å². The molecule has 1 fully saturated rings. The van der Waals surface area contributed by atoms with Crippen LogP contribution < -0.4 is 20.1 Å². The maximum Gasteiger partial charge on any atom is 0.255 e. The lowest BCUT2D eigenvalue weighted by atomic mass is 10.1. The van der Waals surface area contributed by atoms with Gasteiger partial charge >= 0.3 is 0 Å². The highest BCUT2D eigenvalue weighted by atomic mass is 16.5. The molecule has 0 radical (unpaired) electrons. The number of benzene rings is 2. The van der Waals surface area contributed by atoms with Gasteiger partial charge in [-0.3, -0.25) is 4.79 Å². The lowest BCUT2D eigenvalue weighted by Crippen LogP contribution is -2.36. The summed E-state index contributed by atoms with van der Waals surface area (Å²) in [6, 6.07) is 15.4. The Bertz CT molecular complexity index is 995. The molecule has 1 aliphatic heterocycles. The first-order chi connectivity index (χ1) is 14.2. The summed E-state index contributed by atoms with van der Waals surface area (Å²) in [5, 5.41) is 11.1. The van der Waals surface area contributed by atoms with Crippen LogP contribution in [0.15, 0.2) is 54.7 Å². The van der Waals surface area contributed by atoms with Crippen molar-refractivity contribution in [1.82, 2.24) is 20.4 Å². The van der Waals surface area contributed by atoms with E-state index in [-0.39, 0.29) is 11.9 Å². The van der Waals surface area contributed by atoms with Gasteiger partial charge in [0.2, 0.25) is 0 Å². The largest absolute Gasteiger partial charge is 0.493 e. The van der Waals surface area contributed by atoms with E-state index in [1.165, 1.54) is 0 Å². The Labute approximate surface area is 169 Å². The lowest BCUT2D eigenvalue weighted by molar-refractivity contribution is 0.0940. The minimum absolute atomic E-state index is 0.126. The van der Waals surface area contributed by atoms with E-state index in [0.29, 0.717) is 22.8 Å². The number of nitrogens with one attached hydrogen (secondary N) is 2. The number of para-hydroxylation sites is 1. The highest BCUT2D eigenvalue weighted by Crippen LogP contribution is 2.33. The molecule has 0 aliphatic carbocycles. The summed E-state index contributed by atoms with van der Waals surface area (Å²) in [7, 11) is 3.18. The van der Waals surface area contributed by atoms with Gasteiger partial charge in [0.15, 0.2) is 11.5 Å². The Hall–Kier alpha value is -3.32. The average molecular weight is 392 g/mol. The molecule has 7 nitrogen and oxygen atoms in total. The van der Waals surface area contributed by atoms with Crippen LogP contribution >= 0.6 is 0 Å². The van der Waals surface area contributed by atoms with Crippen molar-refractivity contribution in [3.63, 3.8) is 0 Å². The Balaban J connectivity index is 1.76. The second kappa shape index (κ2) is 8.36. The maximum absolute atomic E-state index is 13.1. The van der Waals surface area contributed by atoms with Gasteiger partial charge in [-0.15, -0.1) is 0 Å². The van der Waals surface area contributed by atoms with Crippen LogP contribution in [0.1, 0.15) is 16.8 Å². The summed E-state index contributed by atoms with van der Waals surface area (Å²) in [4.78, 5) is 13.1. The zero-order chi connectivity index (χ0) is 20.2. The van der Waals surface area contributed by atoms with Crippen molar-refractivity contribution in [2.24, 2.45) is 0 Å². The summed E-state index contributed by atoms with van der Waals surface area (Å²) in [6.45, 7) is 1.70. The van der Waals surface area contributed by atoms with Gasteiger partial charge in [-0.05, 0) is 43.3 Å². The minimum Gasteiger partial charge on any atom is -0.493 e. The first kappa shape index (κ1) is 19.0. The van der Waals surface area contributed by atoms with Crippen LogP contribution in [0, 0.1) is 0 Å². The topological polar surface area (TPSA) is 77.4 Å². The van der Waals surface area contributed by atoms with Crippen molar-refractivity contribution in [3.8, 4) is 28.4 Å². The fourth-order valence-electron chi connectivity index (χ4n) is 3.49. The first-order valence-corrected chi connectivity index (χ1v) is 9.58. The number of carbonyl (C=O) groups is 1. The molecule has 2 N–H and O–H groups in total. The van der Waals surface area contributed by atoms with E-state index >= 15 is 0 Å². The van der Waals surface area contributed by atoms with Crippen LogP contribution in [-0.2, 0) is 0 Å². The second-order valence-electron chi connectivity index (χ2n) is 6.90. The molecule has 0 spiro atoms. The van der Waals surface area contributed by atoms with Crippen LogP contribution in [0.5, 0.6) is 11.5 Å². The van der Waals surface area contributed by atoms with Crippen molar-refractivity contribution < 1.29 is 14.3 Å². The summed E-state index contributed by atoms with van der Waals surface area (Å²) in [6.07, 6.45) is 2.70. The van der Waals surface area contributed by atoms with Gasteiger partial charge in [-0.1, -0.05) is 18.2 Å². The molecule has 1 unspecified atom stereocenters. The lowest BCUT2D eigenvalue weighted by Gasteiger charge is -2.12. The SMILES string of the molecule is COc1ccc(-c2nn(-c3ccccc3)cc2C(=O)NC2CCNC2)cc1OC. The van der Waals surface area contributed by atoms with Gasteiger partial charge in [-0.25, -0.2) is 4.68 Å². The first-order valence-electron chi connectivity index (χ1n) is 9.58. The van der Waals surface area contributed by atoms with Crippen molar-refractivity contribution >= 4 is 5.91 Å². The summed E-state index contributed by atoms with van der Waals surface area (Å²) in [5.74, 6) is 1.08. The van der Waals surface area contributed by atoms with E-state index in [1.54, 1.807) is 25.1 Å². The zero-order valence-electron chi connectivity index (χ0n) is 16.5. The predicted octanol–water partition coefficient (Wildman–Crippen LogP) is 2.65. The van der Waals surface area contributed by atoms with E-state index in [2.05, 4.69) is 10.6 Å². The molecule has 1 aliphatic rings. The molecule has 0 saturated carbocycles. The Morgan fingerprint density at radius 3 is 2.62 bits per heavy atom. The molecule has 3 aromatic rings. The molecule has 7 heteroatoms. The molecule has 1 aromatic heterocycles. The van der Waals surface area contributed by atoms with Gasteiger partial charge in [0.05, 0.1) is 25.5 Å². The van der Waals surface area contributed by atoms with Gasteiger partial charge < -0.3 is 20.1 Å². The number of hydrogen-bond donors (Lipinski definition) is 2.